The van der Waals surface area contributed by atoms with Gasteiger partial charge in [-0.3, -0.25) is 0 Å². The molecule has 0 aliphatic rings. The molecule has 0 saturated heterocycles. The molecule has 0 saturated carbocycles. The van der Waals surface area contributed by atoms with Crippen LogP contribution >= 0.6 is 0 Å². The summed E-state index contributed by atoms with van der Waals surface area (Å²) in [6.07, 6.45) is 2.60. The lowest BCUT2D eigenvalue weighted by Gasteiger charge is -2.04. The number of benzene rings is 1. The van der Waals surface area contributed by atoms with E-state index in [1.165, 1.54) is 0 Å². The minimum absolute atomic E-state index is 0.318. The molecule has 1 heterocycles. The first-order valence-corrected chi connectivity index (χ1v) is 5.66. The minimum Gasteiger partial charge on any atom is -0.508 e. The van der Waals surface area contributed by atoms with Crippen LogP contribution in [-0.2, 0) is 6.42 Å². The molecule has 16 heavy (non-hydrogen) atoms. The lowest BCUT2D eigenvalue weighted by Crippen LogP contribution is -1.90. The molecule has 0 fully saturated rings. The highest BCUT2D eigenvalue weighted by Crippen LogP contribution is 2.23. The molecular formula is C13H18N2O. The van der Waals surface area contributed by atoms with Crippen molar-refractivity contribution in [3.8, 4) is 5.75 Å². The normalized spacial score (nSPS) is 9.75. The summed E-state index contributed by atoms with van der Waals surface area (Å²) in [6, 6.07) is 3.63. The van der Waals surface area contributed by atoms with Crippen LogP contribution < -0.4 is 0 Å². The Labute approximate surface area is 96.2 Å². The van der Waals surface area contributed by atoms with Gasteiger partial charge in [-0.25, -0.2) is 9.97 Å². The molecule has 0 bridgehead atoms. The molecule has 2 rings (SSSR count). The summed E-state index contributed by atoms with van der Waals surface area (Å²) in [5, 5.41) is 10.6. The molecule has 0 aliphatic carbocycles. The third-order valence-corrected chi connectivity index (χ3v) is 2.28. The Kier molecular flexibility index (Phi) is 4.23. The van der Waals surface area contributed by atoms with E-state index in [0.29, 0.717) is 5.75 Å². The molecule has 86 valence electrons. The van der Waals surface area contributed by atoms with E-state index in [2.05, 4.69) is 9.97 Å². The van der Waals surface area contributed by atoms with E-state index in [9.17, 15) is 5.11 Å². The highest BCUT2D eigenvalue weighted by Gasteiger charge is 2.03. The van der Waals surface area contributed by atoms with Crippen molar-refractivity contribution in [1.29, 1.82) is 0 Å². The van der Waals surface area contributed by atoms with Gasteiger partial charge in [0.2, 0.25) is 0 Å². The second kappa shape index (κ2) is 5.45. The van der Waals surface area contributed by atoms with Crippen molar-refractivity contribution < 1.29 is 5.11 Å². The summed E-state index contributed by atoms with van der Waals surface area (Å²) < 4.78 is 0. The Balaban J connectivity index is 0.000000606. The van der Waals surface area contributed by atoms with Gasteiger partial charge in [-0.2, -0.15) is 0 Å². The Hall–Kier alpha value is -1.64. The largest absolute Gasteiger partial charge is 0.508 e. The van der Waals surface area contributed by atoms with Gasteiger partial charge in [0.05, 0.1) is 5.52 Å². The van der Waals surface area contributed by atoms with Crippen LogP contribution in [0.25, 0.3) is 10.9 Å². The van der Waals surface area contributed by atoms with Crippen molar-refractivity contribution in [2.24, 2.45) is 0 Å². The summed E-state index contributed by atoms with van der Waals surface area (Å²) >= 11 is 0. The van der Waals surface area contributed by atoms with Crippen LogP contribution in [0.5, 0.6) is 5.75 Å². The van der Waals surface area contributed by atoms with Crippen molar-refractivity contribution in [2.75, 3.05) is 0 Å². The fourth-order valence-electron chi connectivity index (χ4n) is 1.49. The molecule has 0 spiro atoms. The van der Waals surface area contributed by atoms with Gasteiger partial charge in [0, 0.05) is 17.6 Å². The predicted molar refractivity (Wildman–Crippen MR) is 66.7 cm³/mol. The molecule has 1 aromatic carbocycles. The average Bonchev–Trinajstić information content (AvgIpc) is 2.30. The van der Waals surface area contributed by atoms with Crippen LogP contribution in [-0.4, -0.2) is 15.1 Å². The van der Waals surface area contributed by atoms with E-state index in [1.54, 1.807) is 12.3 Å². The summed E-state index contributed by atoms with van der Waals surface area (Å²) in [6.45, 7) is 7.85. The van der Waals surface area contributed by atoms with Crippen LogP contribution in [0.15, 0.2) is 18.3 Å². The highest BCUT2D eigenvalue weighted by atomic mass is 16.3. The third kappa shape index (κ3) is 2.48. The maximum atomic E-state index is 9.64. The number of phenolic OH excluding ortho intramolecular Hbond substituents is 1. The Morgan fingerprint density at radius 2 is 1.94 bits per heavy atom. The number of aryl methyl sites for hydroxylation is 2. The zero-order chi connectivity index (χ0) is 12.1. The van der Waals surface area contributed by atoms with Gasteiger partial charge < -0.3 is 5.11 Å². The molecule has 1 aromatic heterocycles. The van der Waals surface area contributed by atoms with Crippen LogP contribution in [0.3, 0.4) is 0 Å². The van der Waals surface area contributed by atoms with Crippen LogP contribution in [0, 0.1) is 6.92 Å². The molecular weight excluding hydrogens is 200 g/mol. The van der Waals surface area contributed by atoms with Crippen molar-refractivity contribution in [1.82, 2.24) is 9.97 Å². The molecule has 0 unspecified atom stereocenters. The molecule has 2 aromatic rings. The number of aromatic hydroxyl groups is 1. The standard InChI is InChI=1S/C11H12N2O.C2H6/c1-3-8-4-9-6-12-7(2)13-10(9)5-11(8)14;1-2/h4-6,14H,3H2,1-2H3;1-2H3. The van der Waals surface area contributed by atoms with Gasteiger partial charge >= 0.3 is 0 Å². The summed E-state index contributed by atoms with van der Waals surface area (Å²) in [4.78, 5) is 8.36. The maximum absolute atomic E-state index is 9.64. The Morgan fingerprint density at radius 1 is 1.25 bits per heavy atom. The van der Waals surface area contributed by atoms with Crippen molar-refractivity contribution in [3.05, 3.63) is 29.7 Å². The first kappa shape index (κ1) is 12.4. The number of hydrogen-bond acceptors (Lipinski definition) is 3. The zero-order valence-corrected chi connectivity index (χ0v) is 10.3. The number of nitrogens with zero attached hydrogens (tertiary/aromatic N) is 2. The number of fused-ring (bicyclic) bond motifs is 1. The fraction of sp³-hybridized carbons (Fsp3) is 0.385. The van der Waals surface area contributed by atoms with Gasteiger partial charge in [-0.15, -0.1) is 0 Å². The second-order valence-electron chi connectivity index (χ2n) is 3.31. The molecule has 3 nitrogen and oxygen atoms in total. The van der Waals surface area contributed by atoms with Crippen LogP contribution in [0.2, 0.25) is 0 Å². The predicted octanol–water partition coefficient (Wildman–Crippen LogP) is 3.23. The van der Waals surface area contributed by atoms with Gasteiger partial charge in [0.25, 0.3) is 0 Å². The first-order valence-electron chi connectivity index (χ1n) is 5.66. The van der Waals surface area contributed by atoms with Gasteiger partial charge in [0.1, 0.15) is 11.6 Å². The Morgan fingerprint density at radius 3 is 2.56 bits per heavy atom. The molecule has 0 amide bonds. The molecule has 1 N–H and O–H groups in total. The third-order valence-electron chi connectivity index (χ3n) is 2.28. The van der Waals surface area contributed by atoms with Crippen molar-refractivity contribution >= 4 is 10.9 Å². The summed E-state index contributed by atoms with van der Waals surface area (Å²) in [5.41, 5.74) is 1.73. The first-order chi connectivity index (χ1) is 7.70. The van der Waals surface area contributed by atoms with E-state index in [4.69, 9.17) is 0 Å². The quantitative estimate of drug-likeness (QED) is 0.799. The van der Waals surface area contributed by atoms with E-state index >= 15 is 0 Å². The van der Waals surface area contributed by atoms with Gasteiger partial charge in [-0.05, 0) is 25.0 Å². The average molecular weight is 218 g/mol. The van der Waals surface area contributed by atoms with E-state index in [0.717, 1.165) is 28.7 Å². The van der Waals surface area contributed by atoms with Gasteiger partial charge in [-0.1, -0.05) is 20.8 Å². The molecule has 0 atom stereocenters. The highest BCUT2D eigenvalue weighted by molar-refractivity contribution is 5.80. The number of aromatic nitrogens is 2. The van der Waals surface area contributed by atoms with Gasteiger partial charge in [0.15, 0.2) is 0 Å². The van der Waals surface area contributed by atoms with Crippen LogP contribution in [0.4, 0.5) is 0 Å². The maximum Gasteiger partial charge on any atom is 0.125 e. The number of hydrogen-bond donors (Lipinski definition) is 1. The molecule has 3 heteroatoms. The summed E-state index contributed by atoms with van der Waals surface area (Å²) in [5.74, 6) is 1.04. The smallest absolute Gasteiger partial charge is 0.125 e. The van der Waals surface area contributed by atoms with Crippen LogP contribution in [0.1, 0.15) is 32.2 Å². The van der Waals surface area contributed by atoms with Crippen molar-refractivity contribution in [2.45, 2.75) is 34.1 Å². The topological polar surface area (TPSA) is 46.0 Å². The van der Waals surface area contributed by atoms with E-state index in [1.807, 2.05) is 33.8 Å². The fourth-order valence-corrected chi connectivity index (χ4v) is 1.49. The van der Waals surface area contributed by atoms with Crippen molar-refractivity contribution in [3.63, 3.8) is 0 Å². The van der Waals surface area contributed by atoms with E-state index in [-0.39, 0.29) is 0 Å². The minimum atomic E-state index is 0.318. The number of phenols is 1. The van der Waals surface area contributed by atoms with E-state index < -0.39 is 0 Å². The molecule has 0 aliphatic heterocycles. The molecule has 0 radical (unpaired) electrons. The SMILES string of the molecule is CC.CCc1cc2cnc(C)nc2cc1O. The summed E-state index contributed by atoms with van der Waals surface area (Å²) in [7, 11) is 0. The number of rotatable bonds is 1. The zero-order valence-electron chi connectivity index (χ0n) is 10.3. The lowest BCUT2D eigenvalue weighted by molar-refractivity contribution is 0.469. The lowest BCUT2D eigenvalue weighted by atomic mass is 10.1. The second-order valence-corrected chi connectivity index (χ2v) is 3.31. The monoisotopic (exact) mass is 218 g/mol. The Bertz CT molecular complexity index is 481.